The molecule has 0 N–H and O–H groups in total. The van der Waals surface area contributed by atoms with E-state index in [0.29, 0.717) is 17.1 Å². The fraction of sp³-hybridized carbons (Fsp3) is 0.188. The number of aldehydes is 1. The molecule has 0 saturated heterocycles. The lowest BCUT2D eigenvalue weighted by atomic mass is 10.0. The van der Waals surface area contributed by atoms with Gasteiger partial charge in [0.2, 0.25) is 0 Å². The van der Waals surface area contributed by atoms with Gasteiger partial charge in [-0.3, -0.25) is 4.79 Å². The minimum Gasteiger partial charge on any atom is -0.298 e. The Morgan fingerprint density at radius 3 is 2.37 bits per heavy atom. The van der Waals surface area contributed by atoms with E-state index < -0.39 is 5.82 Å². The highest BCUT2D eigenvalue weighted by molar-refractivity contribution is 7.99. The lowest BCUT2D eigenvalue weighted by Crippen LogP contribution is -1.91. The minimum atomic E-state index is -0.473. The van der Waals surface area contributed by atoms with Gasteiger partial charge in [0.05, 0.1) is 5.56 Å². The lowest BCUT2D eigenvalue weighted by Gasteiger charge is -2.08. The van der Waals surface area contributed by atoms with Crippen LogP contribution >= 0.6 is 11.8 Å². The molecule has 2 aromatic rings. The van der Waals surface area contributed by atoms with Crippen LogP contribution in [-0.4, -0.2) is 6.29 Å². The number of carbonyl (C=O) groups is 1. The smallest absolute Gasteiger partial charge is 0.154 e. The normalized spacial score (nSPS) is 10.7. The van der Waals surface area contributed by atoms with Crippen molar-refractivity contribution < 1.29 is 9.18 Å². The molecule has 0 saturated carbocycles. The van der Waals surface area contributed by atoms with Gasteiger partial charge in [0.25, 0.3) is 0 Å². The summed E-state index contributed by atoms with van der Waals surface area (Å²) >= 11 is 1.40. The predicted molar refractivity (Wildman–Crippen MR) is 76.4 cm³/mol. The molecule has 19 heavy (non-hydrogen) atoms. The first-order valence-corrected chi connectivity index (χ1v) is 6.95. The molecule has 1 nitrogen and oxygen atoms in total. The largest absolute Gasteiger partial charge is 0.298 e. The standard InChI is InChI=1S/C16H15FOS/c1-11(2)12-6-8-13(9-7-12)19-16-5-3-4-15(17)14(16)10-18/h3-11H,1-2H3. The molecule has 0 aliphatic rings. The molecule has 0 atom stereocenters. The molecule has 0 radical (unpaired) electrons. The van der Waals surface area contributed by atoms with Crippen molar-refractivity contribution in [2.75, 3.05) is 0 Å². The van der Waals surface area contributed by atoms with E-state index in [1.807, 2.05) is 12.1 Å². The molecule has 98 valence electrons. The van der Waals surface area contributed by atoms with Gasteiger partial charge in [-0.05, 0) is 35.7 Å². The maximum absolute atomic E-state index is 13.5. The Morgan fingerprint density at radius 2 is 1.79 bits per heavy atom. The average molecular weight is 274 g/mol. The third-order valence-corrected chi connectivity index (χ3v) is 3.99. The molecule has 2 rings (SSSR count). The molecule has 2 aromatic carbocycles. The van der Waals surface area contributed by atoms with Crippen molar-refractivity contribution in [1.29, 1.82) is 0 Å². The third kappa shape index (κ3) is 3.24. The van der Waals surface area contributed by atoms with Crippen LogP contribution in [0.4, 0.5) is 4.39 Å². The van der Waals surface area contributed by atoms with E-state index >= 15 is 0 Å². The van der Waals surface area contributed by atoms with Crippen molar-refractivity contribution in [3.05, 3.63) is 59.4 Å². The van der Waals surface area contributed by atoms with Crippen LogP contribution in [0.1, 0.15) is 35.7 Å². The van der Waals surface area contributed by atoms with E-state index in [9.17, 15) is 9.18 Å². The van der Waals surface area contributed by atoms with Gasteiger partial charge in [-0.25, -0.2) is 4.39 Å². The van der Waals surface area contributed by atoms with E-state index in [1.54, 1.807) is 12.1 Å². The van der Waals surface area contributed by atoms with E-state index in [-0.39, 0.29) is 5.56 Å². The Morgan fingerprint density at radius 1 is 1.11 bits per heavy atom. The number of carbonyl (C=O) groups excluding carboxylic acids is 1. The quantitative estimate of drug-likeness (QED) is 0.737. The van der Waals surface area contributed by atoms with Gasteiger partial charge in [-0.2, -0.15) is 0 Å². The molecule has 0 fully saturated rings. The molecule has 0 spiro atoms. The lowest BCUT2D eigenvalue weighted by molar-refractivity contribution is 0.111. The summed E-state index contributed by atoms with van der Waals surface area (Å²) in [4.78, 5) is 12.6. The zero-order chi connectivity index (χ0) is 13.8. The second kappa shape index (κ2) is 6.02. The minimum absolute atomic E-state index is 0.125. The summed E-state index contributed by atoms with van der Waals surface area (Å²) in [7, 11) is 0. The number of rotatable bonds is 4. The Kier molecular flexibility index (Phi) is 4.38. The van der Waals surface area contributed by atoms with Gasteiger partial charge in [-0.1, -0.05) is 43.8 Å². The summed E-state index contributed by atoms with van der Waals surface area (Å²) in [6.45, 7) is 4.28. The summed E-state index contributed by atoms with van der Waals surface area (Å²) in [5.41, 5.74) is 1.39. The highest BCUT2D eigenvalue weighted by Gasteiger charge is 2.09. The maximum Gasteiger partial charge on any atom is 0.154 e. The zero-order valence-corrected chi connectivity index (χ0v) is 11.7. The average Bonchev–Trinajstić information content (AvgIpc) is 2.39. The van der Waals surface area contributed by atoms with Gasteiger partial charge < -0.3 is 0 Å². The first-order chi connectivity index (χ1) is 9.11. The molecular formula is C16H15FOS. The Hall–Kier alpha value is -1.61. The fourth-order valence-electron chi connectivity index (χ4n) is 1.77. The van der Waals surface area contributed by atoms with Crippen LogP contribution in [-0.2, 0) is 0 Å². The van der Waals surface area contributed by atoms with Gasteiger partial charge in [0, 0.05) is 9.79 Å². The van der Waals surface area contributed by atoms with Crippen LogP contribution in [0.15, 0.2) is 52.3 Å². The van der Waals surface area contributed by atoms with E-state index in [1.165, 1.54) is 23.4 Å². The second-order valence-electron chi connectivity index (χ2n) is 4.60. The first kappa shape index (κ1) is 13.8. The number of hydrogen-bond donors (Lipinski definition) is 0. The molecular weight excluding hydrogens is 259 g/mol. The van der Waals surface area contributed by atoms with E-state index in [4.69, 9.17) is 0 Å². The maximum atomic E-state index is 13.5. The van der Waals surface area contributed by atoms with Crippen molar-refractivity contribution in [2.24, 2.45) is 0 Å². The van der Waals surface area contributed by atoms with Gasteiger partial charge in [-0.15, -0.1) is 0 Å². The predicted octanol–water partition coefficient (Wildman–Crippen LogP) is 4.91. The van der Waals surface area contributed by atoms with Crippen LogP contribution in [0.25, 0.3) is 0 Å². The Labute approximate surface area is 116 Å². The van der Waals surface area contributed by atoms with Crippen molar-refractivity contribution in [3.8, 4) is 0 Å². The second-order valence-corrected chi connectivity index (χ2v) is 5.71. The summed E-state index contributed by atoms with van der Waals surface area (Å²) in [6.07, 6.45) is 0.570. The third-order valence-electron chi connectivity index (χ3n) is 2.91. The topological polar surface area (TPSA) is 17.1 Å². The van der Waals surface area contributed by atoms with Crippen LogP contribution < -0.4 is 0 Å². The highest BCUT2D eigenvalue weighted by Crippen LogP contribution is 2.31. The van der Waals surface area contributed by atoms with Gasteiger partial charge >= 0.3 is 0 Å². The van der Waals surface area contributed by atoms with Crippen LogP contribution in [0.5, 0.6) is 0 Å². The fourth-order valence-corrected chi connectivity index (χ4v) is 2.70. The first-order valence-electron chi connectivity index (χ1n) is 6.13. The van der Waals surface area contributed by atoms with Crippen molar-refractivity contribution in [2.45, 2.75) is 29.6 Å². The molecule has 0 heterocycles. The summed E-state index contributed by atoms with van der Waals surface area (Å²) < 4.78 is 13.5. The van der Waals surface area contributed by atoms with Crippen molar-refractivity contribution >= 4 is 18.0 Å². The molecule has 0 aliphatic heterocycles. The van der Waals surface area contributed by atoms with E-state index in [0.717, 1.165) is 4.90 Å². The van der Waals surface area contributed by atoms with E-state index in [2.05, 4.69) is 26.0 Å². The number of halogens is 1. The van der Waals surface area contributed by atoms with Crippen molar-refractivity contribution in [1.82, 2.24) is 0 Å². The summed E-state index contributed by atoms with van der Waals surface area (Å²) in [5.74, 6) is 0.0116. The van der Waals surface area contributed by atoms with Gasteiger partial charge in [0.15, 0.2) is 6.29 Å². The summed E-state index contributed by atoms with van der Waals surface area (Å²) in [5, 5.41) is 0. The molecule has 3 heteroatoms. The van der Waals surface area contributed by atoms with Gasteiger partial charge in [0.1, 0.15) is 5.82 Å². The number of hydrogen-bond acceptors (Lipinski definition) is 2. The zero-order valence-electron chi connectivity index (χ0n) is 10.9. The molecule has 0 aliphatic carbocycles. The Balaban J connectivity index is 2.26. The Bertz CT molecular complexity index is 576. The molecule has 0 unspecified atom stereocenters. The van der Waals surface area contributed by atoms with Crippen LogP contribution in [0.2, 0.25) is 0 Å². The SMILES string of the molecule is CC(C)c1ccc(Sc2cccc(F)c2C=O)cc1. The molecule has 0 aromatic heterocycles. The highest BCUT2D eigenvalue weighted by atomic mass is 32.2. The van der Waals surface area contributed by atoms with Crippen molar-refractivity contribution in [3.63, 3.8) is 0 Å². The monoisotopic (exact) mass is 274 g/mol. The van der Waals surface area contributed by atoms with Crippen LogP contribution in [0, 0.1) is 5.82 Å². The molecule has 0 bridgehead atoms. The molecule has 0 amide bonds. The van der Waals surface area contributed by atoms with Crippen LogP contribution in [0.3, 0.4) is 0 Å². The number of benzene rings is 2. The summed E-state index contributed by atoms with van der Waals surface area (Å²) in [6, 6.07) is 12.8.